The first-order valence-electron chi connectivity index (χ1n) is 6.52. The van der Waals surface area contributed by atoms with Crippen molar-refractivity contribution in [3.63, 3.8) is 0 Å². The molecule has 0 aromatic heterocycles. The monoisotopic (exact) mass is 327 g/mol. The van der Waals surface area contributed by atoms with Crippen LogP contribution >= 0.6 is 11.8 Å². The summed E-state index contributed by atoms with van der Waals surface area (Å²) in [5.41, 5.74) is 0.651. The highest BCUT2D eigenvalue weighted by atomic mass is 32.2. The van der Waals surface area contributed by atoms with Gasteiger partial charge in [0.1, 0.15) is 0 Å². The molecule has 2 rings (SSSR count). The largest absolute Gasteiger partial charge is 0.478 e. The lowest BCUT2D eigenvalue weighted by Gasteiger charge is -2.31. The van der Waals surface area contributed by atoms with Gasteiger partial charge >= 0.3 is 5.97 Å². The molecule has 1 N–H and O–H groups in total. The Hall–Kier alpha value is -1.31. The highest BCUT2D eigenvalue weighted by molar-refractivity contribution is 7.99. The molecule has 0 bridgehead atoms. The molecular formula is C14H17NO4S2. The van der Waals surface area contributed by atoms with Crippen molar-refractivity contribution < 1.29 is 18.3 Å². The lowest BCUT2D eigenvalue weighted by atomic mass is 10.2. The lowest BCUT2D eigenvalue weighted by Crippen LogP contribution is -2.44. The normalized spacial score (nSPS) is 20.7. The summed E-state index contributed by atoms with van der Waals surface area (Å²) in [4.78, 5) is 10.7. The van der Waals surface area contributed by atoms with Crippen LogP contribution in [0.15, 0.2) is 35.2 Å². The van der Waals surface area contributed by atoms with Gasteiger partial charge in [-0.2, -0.15) is 16.1 Å². The fourth-order valence-electron chi connectivity index (χ4n) is 2.12. The fourth-order valence-corrected chi connectivity index (χ4v) is 4.98. The van der Waals surface area contributed by atoms with Gasteiger partial charge in [-0.15, -0.1) is 0 Å². The molecule has 1 aromatic carbocycles. The number of hydrogen-bond acceptors (Lipinski definition) is 4. The molecule has 0 radical (unpaired) electrons. The highest BCUT2D eigenvalue weighted by Gasteiger charge is 2.30. The molecule has 0 amide bonds. The molecule has 114 valence electrons. The maximum Gasteiger partial charge on any atom is 0.328 e. The molecule has 1 aliphatic heterocycles. The van der Waals surface area contributed by atoms with Crippen LogP contribution in [0.2, 0.25) is 0 Å². The van der Waals surface area contributed by atoms with E-state index in [4.69, 9.17) is 5.11 Å². The van der Waals surface area contributed by atoms with Gasteiger partial charge < -0.3 is 5.11 Å². The van der Waals surface area contributed by atoms with Crippen molar-refractivity contribution in [2.75, 3.05) is 18.1 Å². The summed E-state index contributed by atoms with van der Waals surface area (Å²) in [6.45, 7) is 2.43. The summed E-state index contributed by atoms with van der Waals surface area (Å²) in [5, 5.41) is 8.57. The van der Waals surface area contributed by atoms with Gasteiger partial charge in [0.15, 0.2) is 0 Å². The molecule has 7 heteroatoms. The van der Waals surface area contributed by atoms with E-state index < -0.39 is 16.0 Å². The number of carbonyl (C=O) groups is 1. The molecule has 1 aromatic rings. The summed E-state index contributed by atoms with van der Waals surface area (Å²) in [6, 6.07) is 6.24. The second kappa shape index (κ2) is 6.64. The van der Waals surface area contributed by atoms with Gasteiger partial charge in [-0.3, -0.25) is 0 Å². The van der Waals surface area contributed by atoms with Crippen LogP contribution in [0.5, 0.6) is 0 Å². The van der Waals surface area contributed by atoms with Crippen LogP contribution in [-0.4, -0.2) is 47.9 Å². The number of aliphatic carboxylic acids is 1. The number of carboxylic acids is 1. The third kappa shape index (κ3) is 3.87. The molecule has 1 unspecified atom stereocenters. The Bertz CT molecular complexity index is 637. The van der Waals surface area contributed by atoms with Crippen molar-refractivity contribution in [2.45, 2.75) is 17.9 Å². The predicted molar refractivity (Wildman–Crippen MR) is 83.8 cm³/mol. The predicted octanol–water partition coefficient (Wildman–Crippen LogP) is 1.91. The van der Waals surface area contributed by atoms with Crippen LogP contribution in [-0.2, 0) is 14.8 Å². The van der Waals surface area contributed by atoms with Crippen LogP contribution in [0, 0.1) is 0 Å². The number of sulfonamides is 1. The van der Waals surface area contributed by atoms with Crippen molar-refractivity contribution >= 4 is 33.8 Å². The van der Waals surface area contributed by atoms with E-state index in [0.29, 0.717) is 12.1 Å². The molecule has 5 nitrogen and oxygen atoms in total. The Labute approximate surface area is 128 Å². The summed E-state index contributed by atoms with van der Waals surface area (Å²) in [7, 11) is -3.48. The van der Waals surface area contributed by atoms with Crippen LogP contribution in [0.25, 0.3) is 6.08 Å². The van der Waals surface area contributed by atoms with Crippen LogP contribution in [0.3, 0.4) is 0 Å². The van der Waals surface area contributed by atoms with Crippen molar-refractivity contribution in [2.24, 2.45) is 0 Å². The number of benzene rings is 1. The van der Waals surface area contributed by atoms with E-state index in [1.165, 1.54) is 22.5 Å². The van der Waals surface area contributed by atoms with Gasteiger partial charge in [0, 0.05) is 30.2 Å². The summed E-state index contributed by atoms with van der Waals surface area (Å²) in [6.07, 6.45) is 2.45. The first-order chi connectivity index (χ1) is 9.91. The fraction of sp³-hybridized carbons (Fsp3) is 0.357. The van der Waals surface area contributed by atoms with E-state index in [1.54, 1.807) is 23.9 Å². The average molecular weight is 327 g/mol. The summed E-state index contributed by atoms with van der Waals surface area (Å²) < 4.78 is 26.7. The molecule has 1 heterocycles. The van der Waals surface area contributed by atoms with Crippen LogP contribution in [0.4, 0.5) is 0 Å². The number of rotatable bonds is 4. The van der Waals surface area contributed by atoms with Gasteiger partial charge in [0.25, 0.3) is 0 Å². The lowest BCUT2D eigenvalue weighted by molar-refractivity contribution is -0.131. The quantitative estimate of drug-likeness (QED) is 0.855. The maximum atomic E-state index is 12.6. The Morgan fingerprint density at radius 1 is 1.38 bits per heavy atom. The summed E-state index contributed by atoms with van der Waals surface area (Å²) >= 11 is 1.76. The van der Waals surface area contributed by atoms with E-state index >= 15 is 0 Å². The topological polar surface area (TPSA) is 74.7 Å². The van der Waals surface area contributed by atoms with Crippen molar-refractivity contribution in [3.8, 4) is 0 Å². The number of thioether (sulfide) groups is 1. The number of hydrogen-bond donors (Lipinski definition) is 1. The SMILES string of the molecule is CC1CSCCN1S(=O)(=O)c1ccc(C=CC(=O)O)cc1. The minimum Gasteiger partial charge on any atom is -0.478 e. The van der Waals surface area contributed by atoms with E-state index in [-0.39, 0.29) is 10.9 Å². The number of nitrogens with zero attached hydrogens (tertiary/aromatic N) is 1. The van der Waals surface area contributed by atoms with Crippen molar-refractivity contribution in [3.05, 3.63) is 35.9 Å². The molecule has 21 heavy (non-hydrogen) atoms. The molecule has 1 aliphatic rings. The minimum atomic E-state index is -3.48. The first kappa shape index (κ1) is 16.1. The van der Waals surface area contributed by atoms with Gasteiger partial charge in [-0.05, 0) is 30.7 Å². The Morgan fingerprint density at radius 3 is 2.62 bits per heavy atom. The molecule has 0 aliphatic carbocycles. The molecule has 0 saturated carbocycles. The average Bonchev–Trinajstić information content (AvgIpc) is 2.46. The molecule has 0 spiro atoms. The standard InChI is InChI=1S/C14H17NO4S2/c1-11-10-20-9-8-15(11)21(18,19)13-5-2-12(3-6-13)4-7-14(16)17/h2-7,11H,8-10H2,1H3,(H,16,17). The maximum absolute atomic E-state index is 12.6. The van der Waals surface area contributed by atoms with E-state index in [2.05, 4.69) is 0 Å². The summed E-state index contributed by atoms with van der Waals surface area (Å²) in [5.74, 6) is 0.577. The van der Waals surface area contributed by atoms with Gasteiger partial charge in [-0.25, -0.2) is 13.2 Å². The zero-order chi connectivity index (χ0) is 15.5. The Kier molecular flexibility index (Phi) is 5.08. The molecule has 1 fully saturated rings. The molecule has 1 atom stereocenters. The van der Waals surface area contributed by atoms with Crippen molar-refractivity contribution in [1.29, 1.82) is 0 Å². The van der Waals surface area contributed by atoms with E-state index in [1.807, 2.05) is 6.92 Å². The molecular weight excluding hydrogens is 310 g/mol. The highest BCUT2D eigenvalue weighted by Crippen LogP contribution is 2.24. The van der Waals surface area contributed by atoms with Gasteiger partial charge in [-0.1, -0.05) is 12.1 Å². The minimum absolute atomic E-state index is 0.0136. The Balaban J connectivity index is 2.22. The van der Waals surface area contributed by atoms with Gasteiger partial charge in [0.05, 0.1) is 4.90 Å². The zero-order valence-electron chi connectivity index (χ0n) is 11.6. The second-order valence-corrected chi connectivity index (χ2v) is 7.82. The third-order valence-corrected chi connectivity index (χ3v) is 6.43. The van der Waals surface area contributed by atoms with Crippen LogP contribution < -0.4 is 0 Å². The van der Waals surface area contributed by atoms with E-state index in [0.717, 1.165) is 17.6 Å². The van der Waals surface area contributed by atoms with Crippen LogP contribution in [0.1, 0.15) is 12.5 Å². The van der Waals surface area contributed by atoms with E-state index in [9.17, 15) is 13.2 Å². The third-order valence-electron chi connectivity index (χ3n) is 3.21. The van der Waals surface area contributed by atoms with Gasteiger partial charge in [0.2, 0.25) is 10.0 Å². The smallest absolute Gasteiger partial charge is 0.328 e. The second-order valence-electron chi connectivity index (χ2n) is 4.78. The zero-order valence-corrected chi connectivity index (χ0v) is 13.2. The molecule has 1 saturated heterocycles. The Morgan fingerprint density at radius 2 is 2.05 bits per heavy atom. The number of carboxylic acid groups (broad SMARTS) is 1. The van der Waals surface area contributed by atoms with Crippen molar-refractivity contribution in [1.82, 2.24) is 4.31 Å². The first-order valence-corrected chi connectivity index (χ1v) is 9.11.